The normalized spacial score (nSPS) is 15.3. The Bertz CT molecular complexity index is 347. The van der Waals surface area contributed by atoms with Crippen molar-refractivity contribution in [2.75, 3.05) is 11.9 Å². The summed E-state index contributed by atoms with van der Waals surface area (Å²) >= 11 is 0. The van der Waals surface area contributed by atoms with Crippen molar-refractivity contribution in [3.05, 3.63) is 23.8 Å². The Morgan fingerprint density at radius 3 is 3.15 bits per heavy atom. The minimum Gasteiger partial charge on any atom is -0.424 e. The summed E-state index contributed by atoms with van der Waals surface area (Å²) in [6.07, 6.45) is 0.424. The van der Waals surface area contributed by atoms with Crippen LogP contribution in [0.25, 0.3) is 0 Å². The van der Waals surface area contributed by atoms with Crippen molar-refractivity contribution in [1.82, 2.24) is 0 Å². The Hall–Kier alpha value is -1.51. The standard InChI is InChI=1S/C10H11NO2/c1-7-2-3-8-9(6-7)13-10(12)4-5-11-8/h2-3,6,11H,4-5H2,1H3. The van der Waals surface area contributed by atoms with Crippen LogP contribution in [0, 0.1) is 6.92 Å². The lowest BCUT2D eigenvalue weighted by Crippen LogP contribution is -2.08. The van der Waals surface area contributed by atoms with Gasteiger partial charge >= 0.3 is 5.97 Å². The molecule has 0 atom stereocenters. The first-order valence-corrected chi connectivity index (χ1v) is 4.31. The number of esters is 1. The molecule has 1 aromatic rings. The number of nitrogens with one attached hydrogen (secondary N) is 1. The third-order valence-corrected chi connectivity index (χ3v) is 2.01. The van der Waals surface area contributed by atoms with E-state index in [0.717, 1.165) is 11.3 Å². The van der Waals surface area contributed by atoms with E-state index in [-0.39, 0.29) is 5.97 Å². The van der Waals surface area contributed by atoms with Crippen molar-refractivity contribution in [2.45, 2.75) is 13.3 Å². The molecule has 0 aliphatic carbocycles. The summed E-state index contributed by atoms with van der Waals surface area (Å²) in [7, 11) is 0. The van der Waals surface area contributed by atoms with Crippen molar-refractivity contribution >= 4 is 11.7 Å². The molecule has 13 heavy (non-hydrogen) atoms. The Morgan fingerprint density at radius 2 is 2.31 bits per heavy atom. The molecule has 0 radical (unpaired) electrons. The third-order valence-electron chi connectivity index (χ3n) is 2.01. The third kappa shape index (κ3) is 1.64. The topological polar surface area (TPSA) is 38.3 Å². The second-order valence-corrected chi connectivity index (χ2v) is 3.15. The van der Waals surface area contributed by atoms with Crippen LogP contribution in [0.1, 0.15) is 12.0 Å². The average Bonchev–Trinajstić information content (AvgIpc) is 2.25. The van der Waals surface area contributed by atoms with Gasteiger partial charge in [-0.3, -0.25) is 4.79 Å². The van der Waals surface area contributed by atoms with Gasteiger partial charge in [-0.2, -0.15) is 0 Å². The van der Waals surface area contributed by atoms with Gasteiger partial charge in [0.05, 0.1) is 12.1 Å². The molecular weight excluding hydrogens is 166 g/mol. The van der Waals surface area contributed by atoms with Gasteiger partial charge in [0, 0.05) is 6.54 Å². The molecule has 0 saturated carbocycles. The largest absolute Gasteiger partial charge is 0.424 e. The fourth-order valence-corrected chi connectivity index (χ4v) is 1.33. The highest BCUT2D eigenvalue weighted by Crippen LogP contribution is 2.27. The number of hydrogen-bond donors (Lipinski definition) is 1. The lowest BCUT2D eigenvalue weighted by molar-refractivity contribution is -0.133. The predicted molar refractivity (Wildman–Crippen MR) is 49.9 cm³/mol. The van der Waals surface area contributed by atoms with Crippen LogP contribution in [-0.2, 0) is 4.79 Å². The quantitative estimate of drug-likeness (QED) is 0.484. The van der Waals surface area contributed by atoms with Crippen molar-refractivity contribution < 1.29 is 9.53 Å². The number of rotatable bonds is 0. The van der Waals surface area contributed by atoms with E-state index >= 15 is 0 Å². The number of ether oxygens (including phenoxy) is 1. The van der Waals surface area contributed by atoms with E-state index in [1.807, 2.05) is 25.1 Å². The van der Waals surface area contributed by atoms with Gasteiger partial charge in [0.25, 0.3) is 0 Å². The van der Waals surface area contributed by atoms with Gasteiger partial charge in [-0.1, -0.05) is 6.07 Å². The smallest absolute Gasteiger partial charge is 0.313 e. The molecule has 0 bridgehead atoms. The molecule has 3 heteroatoms. The number of hydrogen-bond acceptors (Lipinski definition) is 3. The number of fused-ring (bicyclic) bond motifs is 1. The van der Waals surface area contributed by atoms with Crippen LogP contribution >= 0.6 is 0 Å². The van der Waals surface area contributed by atoms with E-state index in [9.17, 15) is 4.79 Å². The molecule has 0 unspecified atom stereocenters. The van der Waals surface area contributed by atoms with E-state index in [2.05, 4.69) is 5.32 Å². The Kier molecular flexibility index (Phi) is 1.93. The highest BCUT2D eigenvalue weighted by atomic mass is 16.5. The maximum Gasteiger partial charge on any atom is 0.313 e. The zero-order valence-corrected chi connectivity index (χ0v) is 7.46. The number of carbonyl (C=O) groups excluding carboxylic acids is 1. The minimum atomic E-state index is -0.170. The highest BCUT2D eigenvalue weighted by molar-refractivity contribution is 5.77. The molecule has 3 nitrogen and oxygen atoms in total. The summed E-state index contributed by atoms with van der Waals surface area (Å²) in [6.45, 7) is 2.62. The molecule has 1 aliphatic rings. The van der Waals surface area contributed by atoms with Crippen LogP contribution in [0.15, 0.2) is 18.2 Å². The van der Waals surface area contributed by atoms with E-state index in [4.69, 9.17) is 4.74 Å². The zero-order chi connectivity index (χ0) is 9.26. The Labute approximate surface area is 76.7 Å². The van der Waals surface area contributed by atoms with E-state index in [1.165, 1.54) is 0 Å². The van der Waals surface area contributed by atoms with E-state index < -0.39 is 0 Å². The second-order valence-electron chi connectivity index (χ2n) is 3.15. The molecule has 2 rings (SSSR count). The number of benzene rings is 1. The van der Waals surface area contributed by atoms with Crippen LogP contribution < -0.4 is 10.1 Å². The molecule has 0 spiro atoms. The number of carbonyl (C=O) groups is 1. The van der Waals surface area contributed by atoms with Crippen molar-refractivity contribution in [3.8, 4) is 5.75 Å². The van der Waals surface area contributed by atoms with E-state index in [1.54, 1.807) is 0 Å². The van der Waals surface area contributed by atoms with Crippen molar-refractivity contribution in [2.24, 2.45) is 0 Å². The predicted octanol–water partition coefficient (Wildman–Crippen LogP) is 1.72. The molecular formula is C10H11NO2. The van der Waals surface area contributed by atoms with Gasteiger partial charge in [-0.15, -0.1) is 0 Å². The molecule has 0 fully saturated rings. The maximum atomic E-state index is 11.1. The minimum absolute atomic E-state index is 0.170. The van der Waals surface area contributed by atoms with Crippen LogP contribution in [0.3, 0.4) is 0 Å². The maximum absolute atomic E-state index is 11.1. The van der Waals surface area contributed by atoms with E-state index in [0.29, 0.717) is 18.7 Å². The Morgan fingerprint density at radius 1 is 1.46 bits per heavy atom. The number of anilines is 1. The average molecular weight is 177 g/mol. The fraction of sp³-hybridized carbons (Fsp3) is 0.300. The van der Waals surface area contributed by atoms with Crippen LogP contribution in [0.5, 0.6) is 5.75 Å². The molecule has 1 heterocycles. The molecule has 1 N–H and O–H groups in total. The van der Waals surface area contributed by atoms with Gasteiger partial charge in [-0.25, -0.2) is 0 Å². The van der Waals surface area contributed by atoms with Crippen LogP contribution in [0.2, 0.25) is 0 Å². The SMILES string of the molecule is Cc1ccc2c(c1)OC(=O)CCN2. The summed E-state index contributed by atoms with van der Waals surface area (Å²) in [4.78, 5) is 11.1. The molecule has 1 aliphatic heterocycles. The van der Waals surface area contributed by atoms with Gasteiger partial charge in [-0.05, 0) is 24.6 Å². The molecule has 0 aromatic heterocycles. The molecule has 0 amide bonds. The Balaban J connectivity index is 2.40. The molecule has 1 aromatic carbocycles. The van der Waals surface area contributed by atoms with Gasteiger partial charge < -0.3 is 10.1 Å². The van der Waals surface area contributed by atoms with Crippen molar-refractivity contribution in [3.63, 3.8) is 0 Å². The van der Waals surface area contributed by atoms with Crippen LogP contribution in [0.4, 0.5) is 5.69 Å². The summed E-state index contributed by atoms with van der Waals surface area (Å²) in [5.41, 5.74) is 1.99. The van der Waals surface area contributed by atoms with Gasteiger partial charge in [0.2, 0.25) is 0 Å². The lowest BCUT2D eigenvalue weighted by atomic mass is 10.2. The molecule has 0 saturated heterocycles. The lowest BCUT2D eigenvalue weighted by Gasteiger charge is -2.06. The van der Waals surface area contributed by atoms with Crippen LogP contribution in [-0.4, -0.2) is 12.5 Å². The van der Waals surface area contributed by atoms with Gasteiger partial charge in [0.1, 0.15) is 0 Å². The van der Waals surface area contributed by atoms with Crippen molar-refractivity contribution in [1.29, 1.82) is 0 Å². The monoisotopic (exact) mass is 177 g/mol. The summed E-state index contributed by atoms with van der Waals surface area (Å²) in [6, 6.07) is 5.79. The number of aryl methyl sites for hydroxylation is 1. The summed E-state index contributed by atoms with van der Waals surface area (Å²) in [5, 5.41) is 3.14. The first kappa shape index (κ1) is 8.10. The fourth-order valence-electron chi connectivity index (χ4n) is 1.33. The highest BCUT2D eigenvalue weighted by Gasteiger charge is 2.13. The summed E-state index contributed by atoms with van der Waals surface area (Å²) < 4.78 is 5.14. The second kappa shape index (κ2) is 3.09. The molecule has 68 valence electrons. The zero-order valence-electron chi connectivity index (χ0n) is 7.46. The first-order valence-electron chi connectivity index (χ1n) is 4.31. The first-order chi connectivity index (χ1) is 6.25. The summed E-state index contributed by atoms with van der Waals surface area (Å²) in [5.74, 6) is 0.472. The van der Waals surface area contributed by atoms with Gasteiger partial charge in [0.15, 0.2) is 5.75 Å².